The van der Waals surface area contributed by atoms with Crippen molar-refractivity contribution in [2.24, 2.45) is 0 Å². The SMILES string of the molecule is CCCC12COC(c3ccc(-c4cc(F)c(-c5cc(F)c(C(F)(F)OC(F)(F)F)c(F)c5)c(F)c4)c(F)c3)(OC1)O2. The van der Waals surface area contributed by atoms with Crippen molar-refractivity contribution in [1.82, 2.24) is 0 Å². The van der Waals surface area contributed by atoms with Gasteiger partial charge < -0.3 is 14.2 Å². The standard InChI is InChI=1S/C27H18F10O4/c1-2-5-24-11-38-26(40-24,39-12-24)15-3-4-16(17(28)10-15)13-6-18(29)22(19(30)7-13)14-8-20(31)23(21(32)9-14)25(33,34)41-27(35,36)37/h3-4,6-10H,2,5,11-12H2,1H3. The zero-order valence-electron chi connectivity index (χ0n) is 20.8. The number of fused-ring (bicyclic) bond motifs is 2. The summed E-state index contributed by atoms with van der Waals surface area (Å²) in [6.07, 6.45) is -10.0. The summed E-state index contributed by atoms with van der Waals surface area (Å²) in [6.45, 7) is 2.39. The molecule has 14 heteroatoms. The molecule has 2 aliphatic rings. The molecular formula is C27H18F10O4. The smallest absolute Gasteiger partial charge is 0.320 e. The molecule has 0 N–H and O–H groups in total. The predicted octanol–water partition coefficient (Wildman–Crippen LogP) is 8.03. The van der Waals surface area contributed by atoms with Gasteiger partial charge in [-0.1, -0.05) is 25.5 Å². The second kappa shape index (κ2) is 9.96. The molecule has 0 spiro atoms. The van der Waals surface area contributed by atoms with Crippen LogP contribution in [-0.2, 0) is 31.0 Å². The molecule has 2 aliphatic heterocycles. The number of hydrogen-bond acceptors (Lipinski definition) is 4. The number of halogens is 10. The predicted molar refractivity (Wildman–Crippen MR) is 120 cm³/mol. The minimum Gasteiger partial charge on any atom is -0.320 e. The van der Waals surface area contributed by atoms with E-state index in [0.717, 1.165) is 12.5 Å². The Morgan fingerprint density at radius 2 is 1.32 bits per heavy atom. The van der Waals surface area contributed by atoms with Gasteiger partial charge in [0.2, 0.25) is 0 Å². The summed E-state index contributed by atoms with van der Waals surface area (Å²) in [5, 5.41) is 0. The van der Waals surface area contributed by atoms with Crippen LogP contribution in [0, 0.1) is 29.1 Å². The average Bonchev–Trinajstić information content (AvgIpc) is 3.39. The summed E-state index contributed by atoms with van der Waals surface area (Å²) in [6, 6.07) is 4.83. The van der Waals surface area contributed by atoms with Gasteiger partial charge in [-0.15, -0.1) is 13.2 Å². The lowest BCUT2D eigenvalue weighted by molar-refractivity contribution is -0.432. The molecule has 2 fully saturated rings. The minimum atomic E-state index is -5.96. The molecule has 0 amide bonds. The molecule has 2 saturated heterocycles. The third-order valence-electron chi connectivity index (χ3n) is 6.65. The molecule has 3 aromatic rings. The van der Waals surface area contributed by atoms with E-state index < -0.39 is 69.8 Å². The van der Waals surface area contributed by atoms with Crippen LogP contribution in [0.1, 0.15) is 30.9 Å². The first-order valence-corrected chi connectivity index (χ1v) is 12.0. The fourth-order valence-electron chi connectivity index (χ4n) is 4.95. The van der Waals surface area contributed by atoms with Gasteiger partial charge in [-0.3, -0.25) is 0 Å². The highest BCUT2D eigenvalue weighted by Crippen LogP contribution is 2.49. The highest BCUT2D eigenvalue weighted by molar-refractivity contribution is 5.72. The van der Waals surface area contributed by atoms with Crippen LogP contribution in [0.25, 0.3) is 22.3 Å². The van der Waals surface area contributed by atoms with Gasteiger partial charge in [0, 0.05) is 11.1 Å². The van der Waals surface area contributed by atoms with Crippen LogP contribution in [0.15, 0.2) is 42.5 Å². The Labute approximate surface area is 225 Å². The molecule has 0 saturated carbocycles. The third-order valence-corrected chi connectivity index (χ3v) is 6.65. The van der Waals surface area contributed by atoms with Crippen molar-refractivity contribution < 1.29 is 62.9 Å². The van der Waals surface area contributed by atoms with E-state index in [0.29, 0.717) is 18.6 Å². The Morgan fingerprint density at radius 3 is 1.83 bits per heavy atom. The van der Waals surface area contributed by atoms with Gasteiger partial charge in [0.15, 0.2) is 0 Å². The van der Waals surface area contributed by atoms with E-state index in [1.165, 1.54) is 12.1 Å². The van der Waals surface area contributed by atoms with Crippen molar-refractivity contribution in [3.05, 3.63) is 82.7 Å². The van der Waals surface area contributed by atoms with E-state index >= 15 is 13.2 Å². The van der Waals surface area contributed by atoms with E-state index in [-0.39, 0.29) is 42.0 Å². The van der Waals surface area contributed by atoms with Crippen LogP contribution in [-0.4, -0.2) is 25.2 Å². The van der Waals surface area contributed by atoms with Crippen molar-refractivity contribution in [2.45, 2.75) is 43.8 Å². The summed E-state index contributed by atoms with van der Waals surface area (Å²) >= 11 is 0. The van der Waals surface area contributed by atoms with Gasteiger partial charge in [-0.05, 0) is 47.9 Å². The van der Waals surface area contributed by atoms with Crippen LogP contribution in [0.4, 0.5) is 43.9 Å². The van der Waals surface area contributed by atoms with Crippen LogP contribution in [0.5, 0.6) is 0 Å². The molecule has 2 bridgehead atoms. The van der Waals surface area contributed by atoms with Crippen molar-refractivity contribution in [2.75, 3.05) is 13.2 Å². The van der Waals surface area contributed by atoms with Gasteiger partial charge >= 0.3 is 18.4 Å². The van der Waals surface area contributed by atoms with Crippen LogP contribution in [0.2, 0.25) is 0 Å². The van der Waals surface area contributed by atoms with E-state index in [1.807, 2.05) is 6.92 Å². The maximum atomic E-state index is 15.1. The lowest BCUT2D eigenvalue weighted by atomic mass is 9.96. The monoisotopic (exact) mass is 596 g/mol. The first kappa shape index (κ1) is 29.3. The summed E-state index contributed by atoms with van der Waals surface area (Å²) in [4.78, 5) is 0. The number of alkyl halides is 5. The van der Waals surface area contributed by atoms with Gasteiger partial charge in [0.25, 0.3) is 0 Å². The molecule has 0 aromatic heterocycles. The first-order valence-electron chi connectivity index (χ1n) is 12.0. The zero-order valence-corrected chi connectivity index (χ0v) is 20.8. The second-order valence-electron chi connectivity index (χ2n) is 9.56. The Bertz CT molecular complexity index is 1450. The Kier molecular flexibility index (Phi) is 7.12. The average molecular weight is 596 g/mol. The molecular weight excluding hydrogens is 578 g/mol. The Balaban J connectivity index is 1.46. The molecule has 5 rings (SSSR count). The summed E-state index contributed by atoms with van der Waals surface area (Å²) in [7, 11) is 0. The van der Waals surface area contributed by atoms with Crippen molar-refractivity contribution in [3.8, 4) is 22.3 Å². The number of hydrogen-bond donors (Lipinski definition) is 0. The topological polar surface area (TPSA) is 36.9 Å². The normalized spacial score (nSPS) is 22.5. The minimum absolute atomic E-state index is 0.0175. The van der Waals surface area contributed by atoms with Crippen LogP contribution in [0.3, 0.4) is 0 Å². The number of benzene rings is 3. The van der Waals surface area contributed by atoms with Crippen LogP contribution < -0.4 is 0 Å². The van der Waals surface area contributed by atoms with E-state index in [2.05, 4.69) is 4.74 Å². The molecule has 3 aromatic carbocycles. The quantitative estimate of drug-likeness (QED) is 0.259. The molecule has 2 heterocycles. The van der Waals surface area contributed by atoms with Crippen molar-refractivity contribution in [1.29, 1.82) is 0 Å². The molecule has 0 atom stereocenters. The Morgan fingerprint density at radius 1 is 0.756 bits per heavy atom. The molecule has 220 valence electrons. The summed E-state index contributed by atoms with van der Waals surface area (Å²) < 4.78 is 158. The summed E-state index contributed by atoms with van der Waals surface area (Å²) in [5.41, 5.74) is -5.61. The third kappa shape index (κ3) is 5.29. The highest BCUT2D eigenvalue weighted by atomic mass is 19.4. The molecule has 0 aliphatic carbocycles. The van der Waals surface area contributed by atoms with Crippen molar-refractivity contribution in [3.63, 3.8) is 0 Å². The number of rotatable bonds is 7. The highest BCUT2D eigenvalue weighted by Gasteiger charge is 2.59. The molecule has 4 nitrogen and oxygen atoms in total. The maximum Gasteiger partial charge on any atom is 0.527 e. The van der Waals surface area contributed by atoms with Gasteiger partial charge in [0.1, 0.15) is 40.3 Å². The fraction of sp³-hybridized carbons (Fsp3) is 0.333. The van der Waals surface area contributed by atoms with Gasteiger partial charge in [-0.2, -0.15) is 8.78 Å². The van der Waals surface area contributed by atoms with Crippen molar-refractivity contribution >= 4 is 0 Å². The zero-order chi connectivity index (χ0) is 30.0. The summed E-state index contributed by atoms with van der Waals surface area (Å²) in [5.74, 6) is -10.1. The fourth-order valence-corrected chi connectivity index (χ4v) is 4.95. The largest absolute Gasteiger partial charge is 0.527 e. The maximum absolute atomic E-state index is 15.1. The molecule has 0 unspecified atom stereocenters. The van der Waals surface area contributed by atoms with E-state index in [9.17, 15) is 30.7 Å². The van der Waals surface area contributed by atoms with E-state index in [4.69, 9.17) is 14.2 Å². The van der Waals surface area contributed by atoms with Gasteiger partial charge in [-0.25, -0.2) is 26.7 Å². The number of ether oxygens (including phenoxy) is 4. The first-order chi connectivity index (χ1) is 19.1. The lowest BCUT2D eigenvalue weighted by Crippen LogP contribution is -2.35. The van der Waals surface area contributed by atoms with E-state index in [1.54, 1.807) is 0 Å². The second-order valence-corrected chi connectivity index (χ2v) is 9.56. The Hall–Kier alpha value is -3.20. The lowest BCUT2D eigenvalue weighted by Gasteiger charge is -2.24. The van der Waals surface area contributed by atoms with Gasteiger partial charge in [0.05, 0.1) is 18.8 Å². The molecule has 0 radical (unpaired) electrons. The van der Waals surface area contributed by atoms with Crippen LogP contribution >= 0.6 is 0 Å². The molecule has 41 heavy (non-hydrogen) atoms.